The number of esters is 1. The van der Waals surface area contributed by atoms with Crippen LogP contribution in [0.2, 0.25) is 0 Å². The van der Waals surface area contributed by atoms with Gasteiger partial charge in [0.25, 0.3) is 0 Å². The number of thiazole rings is 1. The lowest BCUT2D eigenvalue weighted by molar-refractivity contribution is 0.0532. The van der Waals surface area contributed by atoms with Crippen LogP contribution >= 0.6 is 22.7 Å². The largest absolute Gasteiger partial charge is 0.462 e. The molecule has 4 rings (SSSR count). The summed E-state index contributed by atoms with van der Waals surface area (Å²) in [5, 5.41) is 2.27. The fourth-order valence-corrected chi connectivity index (χ4v) is 6.16. The normalized spacial score (nSPS) is 16.6. The van der Waals surface area contributed by atoms with Crippen molar-refractivity contribution in [1.29, 1.82) is 0 Å². The quantitative estimate of drug-likeness (QED) is 0.642. The Hall–Kier alpha value is -1.40. The van der Waals surface area contributed by atoms with Crippen LogP contribution in [0.15, 0.2) is 6.20 Å². The van der Waals surface area contributed by atoms with Crippen molar-refractivity contribution in [1.82, 2.24) is 4.98 Å². The molecule has 2 aromatic rings. The Labute approximate surface area is 156 Å². The molecule has 0 atom stereocenters. The maximum Gasteiger partial charge on any atom is 0.350 e. The third-order valence-corrected chi connectivity index (χ3v) is 7.40. The van der Waals surface area contributed by atoms with Crippen molar-refractivity contribution in [3.63, 3.8) is 0 Å². The molecule has 0 N–H and O–H groups in total. The zero-order chi connectivity index (χ0) is 17.4. The minimum atomic E-state index is -0.269. The molecule has 0 radical (unpaired) electrons. The highest BCUT2D eigenvalue weighted by Crippen LogP contribution is 2.52. The first-order valence-electron chi connectivity index (χ1n) is 9.27. The van der Waals surface area contributed by atoms with E-state index in [1.165, 1.54) is 54.9 Å². The lowest BCUT2D eigenvalue weighted by Crippen LogP contribution is -2.17. The predicted octanol–water partition coefficient (Wildman–Crippen LogP) is 5.30. The van der Waals surface area contributed by atoms with Gasteiger partial charge in [-0.3, -0.25) is 0 Å². The zero-order valence-electron chi connectivity index (χ0n) is 14.8. The molecule has 4 nitrogen and oxygen atoms in total. The molecule has 25 heavy (non-hydrogen) atoms. The van der Waals surface area contributed by atoms with Gasteiger partial charge in [-0.05, 0) is 69.4 Å². The maximum atomic E-state index is 12.0. The number of hydrogen-bond acceptors (Lipinski definition) is 6. The average molecular weight is 377 g/mol. The van der Waals surface area contributed by atoms with Gasteiger partial charge >= 0.3 is 5.97 Å². The van der Waals surface area contributed by atoms with Gasteiger partial charge < -0.3 is 9.64 Å². The predicted molar refractivity (Wildman–Crippen MR) is 104 cm³/mol. The van der Waals surface area contributed by atoms with Crippen LogP contribution in [0.4, 0.5) is 10.1 Å². The van der Waals surface area contributed by atoms with E-state index in [1.54, 1.807) is 22.2 Å². The standard InChI is InChI=1S/C19H24N2O2S2/c1-3-21(19-20-11-15(24-19)18(22)23-4-2)17-14-8-6-5-7-13(14)16(25-17)12-9-10-12/h11-12H,3-10H2,1-2H3. The van der Waals surface area contributed by atoms with Gasteiger partial charge in [-0.1, -0.05) is 11.3 Å². The van der Waals surface area contributed by atoms with Crippen molar-refractivity contribution in [3.05, 3.63) is 27.1 Å². The summed E-state index contributed by atoms with van der Waals surface area (Å²) >= 11 is 3.42. The average Bonchev–Trinajstić information content (AvgIpc) is 3.23. The Balaban J connectivity index is 1.68. The molecule has 2 heterocycles. The molecular formula is C19H24N2O2S2. The zero-order valence-corrected chi connectivity index (χ0v) is 16.5. The minimum Gasteiger partial charge on any atom is -0.462 e. The topological polar surface area (TPSA) is 42.4 Å². The minimum absolute atomic E-state index is 0.269. The van der Waals surface area contributed by atoms with Crippen LogP contribution in [0.3, 0.4) is 0 Å². The van der Waals surface area contributed by atoms with E-state index in [0.29, 0.717) is 11.5 Å². The highest BCUT2D eigenvalue weighted by atomic mass is 32.1. The summed E-state index contributed by atoms with van der Waals surface area (Å²) in [7, 11) is 0. The number of rotatable bonds is 6. The molecule has 0 saturated heterocycles. The molecule has 6 heteroatoms. The monoisotopic (exact) mass is 376 g/mol. The Morgan fingerprint density at radius 1 is 1.24 bits per heavy atom. The first kappa shape index (κ1) is 17.0. The smallest absolute Gasteiger partial charge is 0.350 e. The Morgan fingerprint density at radius 3 is 2.68 bits per heavy atom. The number of aromatic nitrogens is 1. The van der Waals surface area contributed by atoms with Crippen LogP contribution in [-0.2, 0) is 17.6 Å². The summed E-state index contributed by atoms with van der Waals surface area (Å²) < 4.78 is 5.11. The van der Waals surface area contributed by atoms with Crippen molar-refractivity contribution in [2.45, 2.75) is 58.3 Å². The molecule has 134 valence electrons. The number of fused-ring (bicyclic) bond motifs is 1. The van der Waals surface area contributed by atoms with Crippen LogP contribution in [0.25, 0.3) is 0 Å². The second-order valence-electron chi connectivity index (χ2n) is 6.68. The Kier molecular flexibility index (Phi) is 4.82. The summed E-state index contributed by atoms with van der Waals surface area (Å²) in [6.45, 7) is 5.26. The van der Waals surface area contributed by atoms with E-state index >= 15 is 0 Å². The van der Waals surface area contributed by atoms with Gasteiger partial charge in [-0.25, -0.2) is 9.78 Å². The van der Waals surface area contributed by atoms with Crippen molar-refractivity contribution in [2.75, 3.05) is 18.1 Å². The molecule has 2 aliphatic carbocycles. The van der Waals surface area contributed by atoms with Gasteiger partial charge in [0.15, 0.2) is 5.13 Å². The van der Waals surface area contributed by atoms with E-state index < -0.39 is 0 Å². The second-order valence-corrected chi connectivity index (χ2v) is 8.72. The molecule has 2 aliphatic rings. The van der Waals surface area contributed by atoms with Crippen molar-refractivity contribution in [3.8, 4) is 0 Å². The van der Waals surface area contributed by atoms with Crippen LogP contribution < -0.4 is 4.90 Å². The number of ether oxygens (including phenoxy) is 1. The second kappa shape index (κ2) is 7.08. The summed E-state index contributed by atoms with van der Waals surface area (Å²) in [6, 6.07) is 0. The van der Waals surface area contributed by atoms with E-state index in [4.69, 9.17) is 4.74 Å². The Bertz CT molecular complexity index is 776. The number of hydrogen-bond donors (Lipinski definition) is 0. The van der Waals surface area contributed by atoms with E-state index in [2.05, 4.69) is 16.8 Å². The molecule has 0 spiro atoms. The number of nitrogens with zero attached hydrogens (tertiary/aromatic N) is 2. The van der Waals surface area contributed by atoms with E-state index in [-0.39, 0.29) is 5.97 Å². The van der Waals surface area contributed by atoms with Gasteiger partial charge in [-0.15, -0.1) is 11.3 Å². The molecule has 2 aromatic heterocycles. The third kappa shape index (κ3) is 3.22. The fourth-order valence-electron chi connectivity index (χ4n) is 3.59. The van der Waals surface area contributed by atoms with Crippen LogP contribution in [0.5, 0.6) is 0 Å². The SMILES string of the molecule is CCOC(=O)c1cnc(N(CC)c2sc(C3CC3)c3c2CCCC3)s1. The Morgan fingerprint density at radius 2 is 2.00 bits per heavy atom. The van der Waals surface area contributed by atoms with E-state index in [9.17, 15) is 4.79 Å². The molecule has 0 aliphatic heterocycles. The number of carbonyl (C=O) groups is 1. The van der Waals surface area contributed by atoms with Crippen LogP contribution in [0.1, 0.15) is 71.1 Å². The van der Waals surface area contributed by atoms with Crippen molar-refractivity contribution >= 4 is 38.8 Å². The molecule has 0 amide bonds. The molecule has 1 fully saturated rings. The lowest BCUT2D eigenvalue weighted by atomic mass is 9.92. The lowest BCUT2D eigenvalue weighted by Gasteiger charge is -2.22. The molecule has 1 saturated carbocycles. The number of anilines is 2. The highest BCUT2D eigenvalue weighted by molar-refractivity contribution is 7.19. The molecule has 0 bridgehead atoms. The first-order valence-corrected chi connectivity index (χ1v) is 10.9. The molecule has 0 unspecified atom stereocenters. The van der Waals surface area contributed by atoms with Gasteiger partial charge in [0.1, 0.15) is 9.88 Å². The van der Waals surface area contributed by atoms with Crippen LogP contribution in [-0.4, -0.2) is 24.1 Å². The van der Waals surface area contributed by atoms with E-state index in [0.717, 1.165) is 17.6 Å². The van der Waals surface area contributed by atoms with Gasteiger partial charge in [-0.2, -0.15) is 0 Å². The summed E-state index contributed by atoms with van der Waals surface area (Å²) in [5.41, 5.74) is 3.18. The third-order valence-electron chi connectivity index (χ3n) is 4.94. The highest BCUT2D eigenvalue weighted by Gasteiger charge is 2.33. The van der Waals surface area contributed by atoms with Crippen molar-refractivity contribution < 1.29 is 9.53 Å². The molecular weight excluding hydrogens is 352 g/mol. The summed E-state index contributed by atoms with van der Waals surface area (Å²) in [6.07, 6.45) is 9.37. The summed E-state index contributed by atoms with van der Waals surface area (Å²) in [4.78, 5) is 21.0. The van der Waals surface area contributed by atoms with Gasteiger partial charge in [0, 0.05) is 11.4 Å². The van der Waals surface area contributed by atoms with Gasteiger partial charge in [0.2, 0.25) is 0 Å². The van der Waals surface area contributed by atoms with Crippen molar-refractivity contribution in [2.24, 2.45) is 0 Å². The van der Waals surface area contributed by atoms with E-state index in [1.807, 2.05) is 18.3 Å². The van der Waals surface area contributed by atoms with Crippen LogP contribution in [0, 0.1) is 0 Å². The number of thiophene rings is 1. The number of carbonyl (C=O) groups excluding carboxylic acids is 1. The fraction of sp³-hybridized carbons (Fsp3) is 0.579. The van der Waals surface area contributed by atoms with Gasteiger partial charge in [0.05, 0.1) is 12.8 Å². The summed E-state index contributed by atoms with van der Waals surface area (Å²) in [5.74, 6) is 0.532. The maximum absolute atomic E-state index is 12.0. The first-order chi connectivity index (χ1) is 12.2. The molecule has 0 aromatic carbocycles.